The first kappa shape index (κ1) is 14.1. The average molecular weight is 195 g/mol. The van der Waals surface area contributed by atoms with Gasteiger partial charge >= 0.3 is 0 Å². The van der Waals surface area contributed by atoms with Gasteiger partial charge in [0.2, 0.25) is 0 Å². The zero-order valence-corrected chi connectivity index (χ0v) is 10.4. The maximum atomic E-state index is 5.74. The van der Waals surface area contributed by atoms with E-state index in [1.54, 1.807) is 0 Å². The molecule has 0 aliphatic rings. The van der Waals surface area contributed by atoms with Crippen molar-refractivity contribution in [2.45, 2.75) is 65.4 Å². The van der Waals surface area contributed by atoms with Crippen molar-refractivity contribution in [1.29, 1.82) is 0 Å². The van der Waals surface area contributed by atoms with Crippen molar-refractivity contribution >= 4 is 13.2 Å². The average Bonchev–Trinajstić information content (AvgIpc) is 2.16. The quantitative estimate of drug-likeness (QED) is 0.443. The lowest BCUT2D eigenvalue weighted by atomic mass is 9.09. The van der Waals surface area contributed by atoms with Gasteiger partial charge in [-0.25, -0.2) is 0 Å². The summed E-state index contributed by atoms with van der Waals surface area (Å²) in [5.74, 6) is 0. The van der Waals surface area contributed by atoms with Gasteiger partial charge in [0, 0.05) is 0 Å². The van der Waals surface area contributed by atoms with Crippen LogP contribution in [0, 0.1) is 0 Å². The fraction of sp³-hybridized carbons (Fsp3) is 1.00. The topological polar surface area (TPSA) is 26.0 Å². The standard InChI is InChI=1S/C11H27B2N/c1-4-5-6-7-8-9-10-13(11-14)12(2)3/h4-11,14H2,1-3H3. The molecule has 3 heteroatoms. The maximum absolute atomic E-state index is 5.74. The predicted molar refractivity (Wildman–Crippen MR) is 70.5 cm³/mol. The molecule has 14 heavy (non-hydrogen) atoms. The highest BCUT2D eigenvalue weighted by molar-refractivity contribution is 7.21. The van der Waals surface area contributed by atoms with E-state index in [1.807, 2.05) is 0 Å². The minimum atomic E-state index is 0.751. The lowest BCUT2D eigenvalue weighted by Gasteiger charge is -2.12. The summed E-state index contributed by atoms with van der Waals surface area (Å²) in [5, 5.41) is 0. The van der Waals surface area contributed by atoms with E-state index in [9.17, 15) is 0 Å². The highest BCUT2D eigenvalue weighted by atomic mass is 14.5. The predicted octanol–water partition coefficient (Wildman–Crippen LogP) is 3.17. The maximum Gasteiger partial charge on any atom is 0.125 e. The second-order valence-electron chi connectivity index (χ2n) is 4.80. The number of hydrogen-bond donors (Lipinski definition) is 1. The van der Waals surface area contributed by atoms with Gasteiger partial charge in [0.15, 0.2) is 0 Å². The molecule has 0 amide bonds. The molecule has 0 unspecified atom stereocenters. The monoisotopic (exact) mass is 195 g/mol. The summed E-state index contributed by atoms with van der Waals surface area (Å²) in [6, 6.07) is 0. The fourth-order valence-corrected chi connectivity index (χ4v) is 1.91. The molecule has 1 nitrogen and oxygen atoms in total. The Morgan fingerprint density at radius 2 is 1.50 bits per heavy atom. The van der Waals surface area contributed by atoms with Crippen LogP contribution in [0.3, 0.4) is 0 Å². The molecule has 0 saturated carbocycles. The summed E-state index contributed by atoms with van der Waals surface area (Å²) in [7, 11) is 0. The highest BCUT2D eigenvalue weighted by Gasteiger charge is 2.16. The molecular weight excluding hydrogens is 168 g/mol. The molecule has 0 aliphatic heterocycles. The Balaban J connectivity index is 3.25. The van der Waals surface area contributed by atoms with Crippen molar-refractivity contribution in [1.82, 2.24) is 0 Å². The molecule has 0 aromatic heterocycles. The smallest absolute Gasteiger partial charge is 0.125 e. The van der Waals surface area contributed by atoms with Crippen molar-refractivity contribution in [3.05, 3.63) is 0 Å². The normalized spacial score (nSPS) is 10.3. The van der Waals surface area contributed by atoms with Crippen LogP contribution in [0.4, 0.5) is 0 Å². The Hall–Kier alpha value is 0.0899. The zero-order chi connectivity index (χ0) is 10.8. The van der Waals surface area contributed by atoms with E-state index in [0.29, 0.717) is 0 Å². The Kier molecular flexibility index (Phi) is 9.70. The Morgan fingerprint density at radius 3 is 2.00 bits per heavy atom. The molecule has 82 valence electrons. The van der Waals surface area contributed by atoms with Gasteiger partial charge in [-0.15, -0.1) is 0 Å². The first-order valence-electron chi connectivity index (χ1n) is 6.42. The Bertz CT molecular complexity index is 118. The van der Waals surface area contributed by atoms with Crippen LogP contribution in [0.5, 0.6) is 0 Å². The minimum absolute atomic E-state index is 0.751. The molecule has 0 aromatic carbocycles. The van der Waals surface area contributed by atoms with Gasteiger partial charge in [0.05, 0.1) is 0 Å². The van der Waals surface area contributed by atoms with Crippen molar-refractivity contribution in [2.24, 2.45) is 5.73 Å². The van der Waals surface area contributed by atoms with Crippen molar-refractivity contribution in [3.8, 4) is 0 Å². The summed E-state index contributed by atoms with van der Waals surface area (Å²) in [5.41, 5.74) is 5.74. The molecule has 0 saturated heterocycles. The van der Waals surface area contributed by atoms with Crippen LogP contribution in [-0.2, 0) is 0 Å². The fourth-order valence-electron chi connectivity index (χ4n) is 1.91. The molecule has 0 spiro atoms. The molecule has 0 atom stereocenters. The van der Waals surface area contributed by atoms with E-state index in [2.05, 4.69) is 20.6 Å². The van der Waals surface area contributed by atoms with Gasteiger partial charge in [-0.05, 0) is 6.44 Å². The third-order valence-corrected chi connectivity index (χ3v) is 3.17. The van der Waals surface area contributed by atoms with E-state index in [1.165, 1.54) is 44.8 Å². The van der Waals surface area contributed by atoms with E-state index in [4.69, 9.17) is 5.73 Å². The van der Waals surface area contributed by atoms with Crippen LogP contribution in [0.2, 0.25) is 20.0 Å². The van der Waals surface area contributed by atoms with Crippen LogP contribution in [0.15, 0.2) is 0 Å². The summed E-state index contributed by atoms with van der Waals surface area (Å²) < 4.78 is 0. The summed E-state index contributed by atoms with van der Waals surface area (Å²) >= 11 is 0. The summed E-state index contributed by atoms with van der Waals surface area (Å²) in [6.07, 6.45) is 10.6. The highest BCUT2D eigenvalue weighted by Crippen LogP contribution is 2.09. The number of hydrogen-bond acceptors (Lipinski definition) is 1. The molecule has 0 rings (SSSR count). The van der Waals surface area contributed by atoms with Crippen LogP contribution < -0.4 is 5.73 Å². The Morgan fingerprint density at radius 1 is 0.929 bits per heavy atom. The second-order valence-corrected chi connectivity index (χ2v) is 4.80. The second kappa shape index (κ2) is 9.64. The van der Waals surface area contributed by atoms with Crippen LogP contribution in [0.25, 0.3) is 0 Å². The first-order chi connectivity index (χ1) is 6.72. The first-order valence-corrected chi connectivity index (χ1v) is 6.42. The summed E-state index contributed by atoms with van der Waals surface area (Å²) in [6.45, 7) is 8.35. The molecule has 0 aromatic rings. The molecule has 0 radical (unpaired) electrons. The van der Waals surface area contributed by atoms with Gasteiger partial charge in [-0.3, -0.25) is 0 Å². The number of unbranched alkanes of at least 4 members (excludes halogenated alkanes) is 5. The van der Waals surface area contributed by atoms with Gasteiger partial charge in [-0.1, -0.05) is 65.4 Å². The van der Waals surface area contributed by atoms with Crippen LogP contribution in [0.1, 0.15) is 45.4 Å². The lowest BCUT2D eigenvalue weighted by Crippen LogP contribution is -2.37. The number of nitrogens with two attached hydrogens (primary N) is 1. The summed E-state index contributed by atoms with van der Waals surface area (Å²) in [4.78, 5) is 0. The van der Waals surface area contributed by atoms with E-state index in [-0.39, 0.29) is 0 Å². The molecule has 0 heterocycles. The van der Waals surface area contributed by atoms with E-state index >= 15 is 0 Å². The van der Waals surface area contributed by atoms with Crippen molar-refractivity contribution in [2.75, 3.05) is 6.44 Å². The van der Waals surface area contributed by atoms with E-state index < -0.39 is 0 Å². The van der Waals surface area contributed by atoms with Gasteiger partial charge in [0.1, 0.15) is 13.2 Å². The third-order valence-electron chi connectivity index (χ3n) is 3.17. The molecule has 2 N–H and O–H groups in total. The molecule has 0 bridgehead atoms. The minimum Gasteiger partial charge on any atom is -0.338 e. The lowest BCUT2D eigenvalue weighted by molar-refractivity contribution is 0.623. The van der Waals surface area contributed by atoms with Crippen LogP contribution >= 0.6 is 0 Å². The van der Waals surface area contributed by atoms with Gasteiger partial charge in [-0.2, -0.15) is 0 Å². The number of rotatable bonds is 9. The molecule has 0 aliphatic carbocycles. The molecule has 0 fully saturated rings. The SMILES string of the molecule is CCCCCCCCB(CN)B(C)C. The largest absolute Gasteiger partial charge is 0.338 e. The van der Waals surface area contributed by atoms with Gasteiger partial charge < -0.3 is 5.73 Å². The van der Waals surface area contributed by atoms with Gasteiger partial charge in [0.25, 0.3) is 0 Å². The molecular formula is C11H27B2N. The zero-order valence-electron chi connectivity index (χ0n) is 10.4. The Labute approximate surface area is 91.4 Å². The van der Waals surface area contributed by atoms with Crippen LogP contribution in [-0.4, -0.2) is 19.7 Å². The van der Waals surface area contributed by atoms with E-state index in [0.717, 1.165) is 19.7 Å². The van der Waals surface area contributed by atoms with Crippen molar-refractivity contribution in [3.63, 3.8) is 0 Å². The van der Waals surface area contributed by atoms with Crippen molar-refractivity contribution < 1.29 is 0 Å². The third kappa shape index (κ3) is 7.49.